The molecule has 0 saturated carbocycles. The first-order valence-electron chi connectivity index (χ1n) is 20.0. The van der Waals surface area contributed by atoms with E-state index in [1.165, 1.54) is 90.1 Å². The Hall–Kier alpha value is -6.72. The Bertz CT molecular complexity index is 3410. The second kappa shape index (κ2) is 13.5. The lowest BCUT2D eigenvalue weighted by molar-refractivity contribution is 0.913. The third-order valence-electron chi connectivity index (χ3n) is 11.9. The summed E-state index contributed by atoms with van der Waals surface area (Å²) in [5.41, 5.74) is 8.51. The van der Waals surface area contributed by atoms with Gasteiger partial charge in [0.25, 0.3) is 0 Å². The molecule has 0 amide bonds. The van der Waals surface area contributed by atoms with Gasteiger partial charge in [0.2, 0.25) is 0 Å². The van der Waals surface area contributed by atoms with Crippen LogP contribution in [0.4, 0.5) is 28.4 Å². The number of rotatable bonds is 6. The van der Waals surface area contributed by atoms with Gasteiger partial charge < -0.3 is 9.80 Å². The fourth-order valence-electron chi connectivity index (χ4n) is 9.29. The third-order valence-corrected chi connectivity index (χ3v) is 14.3. The zero-order valence-corrected chi connectivity index (χ0v) is 33.2. The van der Waals surface area contributed by atoms with Crippen LogP contribution in [0.3, 0.4) is 0 Å². The molecule has 12 rings (SSSR count). The first-order valence-corrected chi connectivity index (χ1v) is 21.6. The van der Waals surface area contributed by atoms with Crippen LogP contribution in [0, 0.1) is 0 Å². The molecule has 11 aromatic rings. The molecule has 1 aliphatic carbocycles. The number of aryl methyl sites for hydroxylation is 1. The molecule has 0 saturated heterocycles. The maximum Gasteiger partial charge on any atom is 0.0546 e. The first kappa shape index (κ1) is 33.4. The highest BCUT2D eigenvalue weighted by Crippen LogP contribution is 2.49. The van der Waals surface area contributed by atoms with Crippen molar-refractivity contribution in [3.8, 4) is 0 Å². The van der Waals surface area contributed by atoms with Crippen molar-refractivity contribution in [3.63, 3.8) is 0 Å². The van der Waals surface area contributed by atoms with Crippen molar-refractivity contribution >= 4 is 120 Å². The van der Waals surface area contributed by atoms with Crippen LogP contribution >= 0.6 is 22.7 Å². The first-order chi connectivity index (χ1) is 28.8. The van der Waals surface area contributed by atoms with Gasteiger partial charge in [-0.3, -0.25) is 0 Å². The predicted molar refractivity (Wildman–Crippen MR) is 253 cm³/mol. The summed E-state index contributed by atoms with van der Waals surface area (Å²) in [6.45, 7) is 0. The molecular formula is C54H36N2S2. The van der Waals surface area contributed by atoms with Crippen molar-refractivity contribution in [2.75, 3.05) is 9.80 Å². The molecule has 274 valence electrons. The van der Waals surface area contributed by atoms with Crippen LogP contribution in [-0.2, 0) is 6.42 Å². The second-order valence-electron chi connectivity index (χ2n) is 15.2. The van der Waals surface area contributed by atoms with Crippen molar-refractivity contribution in [3.05, 3.63) is 204 Å². The third kappa shape index (κ3) is 5.30. The zero-order chi connectivity index (χ0) is 38.2. The summed E-state index contributed by atoms with van der Waals surface area (Å²) in [7, 11) is 0. The Kier molecular flexibility index (Phi) is 7.75. The Labute approximate surface area is 344 Å². The lowest BCUT2D eigenvalue weighted by Gasteiger charge is -2.32. The van der Waals surface area contributed by atoms with Crippen LogP contribution in [0.2, 0.25) is 0 Å². The standard InChI is InChI=1S/C54H36N2S2/c1-3-15-35(16-4-1)55(37-27-29-53-47(31-37)43-23-11-13-25-51(43)57-53)49-33-45-40-20-8-10-22-42(40)50(34-46(45)39-19-7-9-21-41(39)49)56(36-17-5-2-6-18-36)38-28-30-54-48(32-38)44-24-12-14-26-52(44)58-54/h1-27,29,31-34H,28,30H2. The van der Waals surface area contributed by atoms with Crippen molar-refractivity contribution in [2.45, 2.75) is 12.8 Å². The number of fused-ring (bicyclic) bond motifs is 11. The minimum Gasteiger partial charge on any atom is -0.314 e. The number of thiophene rings is 2. The van der Waals surface area contributed by atoms with Gasteiger partial charge in [-0.1, -0.05) is 121 Å². The number of hydrogen-bond donors (Lipinski definition) is 0. The summed E-state index contributed by atoms with van der Waals surface area (Å²) in [6, 6.07) is 69.4. The largest absolute Gasteiger partial charge is 0.314 e. The Morgan fingerprint density at radius 3 is 1.48 bits per heavy atom. The molecule has 0 N–H and O–H groups in total. The Morgan fingerprint density at radius 2 is 0.828 bits per heavy atom. The van der Waals surface area contributed by atoms with E-state index in [4.69, 9.17) is 0 Å². The molecule has 58 heavy (non-hydrogen) atoms. The number of nitrogens with zero attached hydrogens (tertiary/aromatic N) is 2. The van der Waals surface area contributed by atoms with Crippen LogP contribution in [0.15, 0.2) is 194 Å². The number of hydrogen-bond acceptors (Lipinski definition) is 4. The molecule has 0 bridgehead atoms. The van der Waals surface area contributed by atoms with Crippen LogP contribution in [-0.4, -0.2) is 0 Å². The molecule has 2 aromatic heterocycles. The molecule has 4 heteroatoms. The van der Waals surface area contributed by atoms with Crippen LogP contribution < -0.4 is 9.80 Å². The minimum atomic E-state index is 0.969. The summed E-state index contributed by atoms with van der Waals surface area (Å²) >= 11 is 3.81. The second-order valence-corrected chi connectivity index (χ2v) is 17.4. The van der Waals surface area contributed by atoms with Crippen molar-refractivity contribution in [1.82, 2.24) is 0 Å². The fourth-order valence-corrected chi connectivity index (χ4v) is 11.6. The minimum absolute atomic E-state index is 0.969. The highest BCUT2D eigenvalue weighted by molar-refractivity contribution is 7.25. The number of para-hydroxylation sites is 2. The summed E-state index contributed by atoms with van der Waals surface area (Å²) in [5, 5.41) is 11.4. The topological polar surface area (TPSA) is 6.48 Å². The monoisotopic (exact) mass is 776 g/mol. The predicted octanol–water partition coefficient (Wildman–Crippen LogP) is 16.3. The lowest BCUT2D eigenvalue weighted by Crippen LogP contribution is -2.19. The van der Waals surface area contributed by atoms with Gasteiger partial charge in [-0.15, -0.1) is 22.7 Å². The highest BCUT2D eigenvalue weighted by atomic mass is 32.1. The normalized spacial score (nSPS) is 12.8. The van der Waals surface area contributed by atoms with Crippen LogP contribution in [0.25, 0.3) is 68.7 Å². The molecule has 0 fully saturated rings. The van der Waals surface area contributed by atoms with E-state index >= 15 is 0 Å². The molecule has 1 aliphatic rings. The SMILES string of the molecule is C1=C(N(c2ccccc2)c2cc3c4ccccc4c(N(c4ccccc4)c4ccc5sc6ccccc6c5c4)cc3c3ccccc23)CCc2sc3ccccc3c21. The van der Waals surface area contributed by atoms with E-state index in [9.17, 15) is 0 Å². The van der Waals surface area contributed by atoms with E-state index in [1.54, 1.807) is 0 Å². The average molecular weight is 777 g/mol. The highest BCUT2D eigenvalue weighted by Gasteiger charge is 2.26. The van der Waals surface area contributed by atoms with Gasteiger partial charge in [-0.05, 0) is 113 Å². The summed E-state index contributed by atoms with van der Waals surface area (Å²) in [4.78, 5) is 6.48. The Morgan fingerprint density at radius 1 is 0.328 bits per heavy atom. The van der Waals surface area contributed by atoms with E-state index in [1.807, 2.05) is 22.7 Å². The van der Waals surface area contributed by atoms with E-state index in [0.29, 0.717) is 0 Å². The van der Waals surface area contributed by atoms with Crippen molar-refractivity contribution in [2.24, 2.45) is 0 Å². The summed E-state index contributed by atoms with van der Waals surface area (Å²) < 4.78 is 3.99. The van der Waals surface area contributed by atoms with Gasteiger partial charge in [0, 0.05) is 68.7 Å². The van der Waals surface area contributed by atoms with Gasteiger partial charge in [0.05, 0.1) is 11.4 Å². The van der Waals surface area contributed by atoms with Gasteiger partial charge in [-0.2, -0.15) is 0 Å². The number of allylic oxidation sites excluding steroid dienone is 1. The van der Waals surface area contributed by atoms with Crippen molar-refractivity contribution in [1.29, 1.82) is 0 Å². The van der Waals surface area contributed by atoms with E-state index < -0.39 is 0 Å². The van der Waals surface area contributed by atoms with Gasteiger partial charge >= 0.3 is 0 Å². The molecule has 9 aromatic carbocycles. The smallest absolute Gasteiger partial charge is 0.0546 e. The Balaban J connectivity index is 1.12. The maximum absolute atomic E-state index is 2.54. The summed E-state index contributed by atoms with van der Waals surface area (Å²) in [5.74, 6) is 0. The van der Waals surface area contributed by atoms with Crippen LogP contribution in [0.5, 0.6) is 0 Å². The van der Waals surface area contributed by atoms with Crippen molar-refractivity contribution < 1.29 is 0 Å². The van der Waals surface area contributed by atoms with Crippen LogP contribution in [0.1, 0.15) is 16.9 Å². The molecule has 0 unspecified atom stereocenters. The van der Waals surface area contributed by atoms with Gasteiger partial charge in [-0.25, -0.2) is 0 Å². The molecular weight excluding hydrogens is 741 g/mol. The molecule has 0 atom stereocenters. The molecule has 0 aliphatic heterocycles. The van der Waals surface area contributed by atoms with Gasteiger partial charge in [0.15, 0.2) is 0 Å². The number of benzene rings is 9. The fraction of sp³-hybridized carbons (Fsp3) is 0.0370. The van der Waals surface area contributed by atoms with Gasteiger partial charge in [0.1, 0.15) is 0 Å². The van der Waals surface area contributed by atoms with E-state index in [-0.39, 0.29) is 0 Å². The molecule has 0 radical (unpaired) electrons. The van der Waals surface area contributed by atoms with E-state index in [0.717, 1.165) is 29.9 Å². The summed E-state index contributed by atoms with van der Waals surface area (Å²) in [6.07, 6.45) is 4.47. The molecule has 2 heterocycles. The zero-order valence-electron chi connectivity index (χ0n) is 31.6. The molecule has 2 nitrogen and oxygen atoms in total. The maximum atomic E-state index is 2.54. The van der Waals surface area contributed by atoms with E-state index in [2.05, 4.69) is 204 Å². The number of anilines is 5. The molecule has 0 spiro atoms. The lowest BCUT2D eigenvalue weighted by atomic mass is 9.92. The quantitative estimate of drug-likeness (QED) is 0.155. The average Bonchev–Trinajstić information content (AvgIpc) is 3.85.